The van der Waals surface area contributed by atoms with Crippen LogP contribution in [-0.2, 0) is 16.0 Å². The van der Waals surface area contributed by atoms with Gasteiger partial charge in [-0.3, -0.25) is 9.59 Å². The molecule has 0 radical (unpaired) electrons. The van der Waals surface area contributed by atoms with Gasteiger partial charge in [-0.2, -0.15) is 0 Å². The Morgan fingerprint density at radius 2 is 1.92 bits per heavy atom. The van der Waals surface area contributed by atoms with Gasteiger partial charge in [0.05, 0.1) is 20.1 Å². The number of para-hydroxylation sites is 1. The first-order valence-corrected chi connectivity index (χ1v) is 8.58. The van der Waals surface area contributed by atoms with Crippen LogP contribution in [0.3, 0.4) is 0 Å². The Bertz CT molecular complexity index is 991. The van der Waals surface area contributed by atoms with E-state index >= 15 is 0 Å². The molecule has 0 atom stereocenters. The summed E-state index contributed by atoms with van der Waals surface area (Å²) >= 11 is 0. The topological polar surface area (TPSA) is 68.4 Å². The van der Waals surface area contributed by atoms with E-state index in [2.05, 4.69) is 4.98 Å². The summed E-state index contributed by atoms with van der Waals surface area (Å²) in [4.78, 5) is 27.7. The second-order valence-corrected chi connectivity index (χ2v) is 5.98. The van der Waals surface area contributed by atoms with Crippen LogP contribution in [0.1, 0.15) is 18.9 Å². The Morgan fingerprint density at radius 3 is 2.69 bits per heavy atom. The number of esters is 1. The van der Waals surface area contributed by atoms with Crippen LogP contribution in [0.4, 0.5) is 0 Å². The van der Waals surface area contributed by atoms with Crippen LogP contribution < -0.4 is 10.3 Å². The predicted molar refractivity (Wildman–Crippen MR) is 102 cm³/mol. The van der Waals surface area contributed by atoms with Gasteiger partial charge in [0, 0.05) is 22.0 Å². The molecule has 1 aromatic heterocycles. The Balaban J connectivity index is 2.21. The molecule has 0 unspecified atom stereocenters. The molecule has 0 bridgehead atoms. The monoisotopic (exact) mass is 351 g/mol. The fourth-order valence-electron chi connectivity index (χ4n) is 2.97. The lowest BCUT2D eigenvalue weighted by Gasteiger charge is -2.13. The van der Waals surface area contributed by atoms with Gasteiger partial charge >= 0.3 is 5.97 Å². The van der Waals surface area contributed by atoms with Gasteiger partial charge in [0.25, 0.3) is 5.56 Å². The van der Waals surface area contributed by atoms with Crippen molar-refractivity contribution in [3.63, 3.8) is 0 Å². The van der Waals surface area contributed by atoms with Crippen LogP contribution in [0.25, 0.3) is 22.0 Å². The number of hydrogen-bond acceptors (Lipinski definition) is 4. The molecule has 0 amide bonds. The minimum atomic E-state index is -0.406. The second-order valence-electron chi connectivity index (χ2n) is 5.98. The highest BCUT2D eigenvalue weighted by atomic mass is 16.5. The number of rotatable bonds is 6. The number of H-pyrrole nitrogens is 1. The number of fused-ring (bicyclic) bond motifs is 1. The number of aromatic nitrogens is 1. The Labute approximate surface area is 151 Å². The molecule has 1 N–H and O–H groups in total. The molecule has 3 rings (SSSR count). The van der Waals surface area contributed by atoms with Gasteiger partial charge in [0.2, 0.25) is 0 Å². The van der Waals surface area contributed by atoms with Crippen molar-refractivity contribution in [1.29, 1.82) is 0 Å². The lowest BCUT2D eigenvalue weighted by molar-refractivity contribution is -0.142. The molecule has 134 valence electrons. The summed E-state index contributed by atoms with van der Waals surface area (Å²) in [5.41, 5.74) is 2.40. The van der Waals surface area contributed by atoms with Crippen LogP contribution in [0.5, 0.6) is 5.75 Å². The van der Waals surface area contributed by atoms with E-state index in [1.807, 2.05) is 55.5 Å². The number of aromatic amines is 1. The lowest BCUT2D eigenvalue weighted by atomic mass is 9.94. The van der Waals surface area contributed by atoms with Gasteiger partial charge in [-0.05, 0) is 30.2 Å². The molecule has 2 aromatic carbocycles. The molecule has 5 heteroatoms. The van der Waals surface area contributed by atoms with Gasteiger partial charge in [0.1, 0.15) is 5.75 Å². The molecular weight excluding hydrogens is 330 g/mol. The fourth-order valence-corrected chi connectivity index (χ4v) is 2.97. The van der Waals surface area contributed by atoms with E-state index in [0.717, 1.165) is 28.5 Å². The number of nitrogens with one attached hydrogen (secondary N) is 1. The maximum Gasteiger partial charge on any atom is 0.310 e. The Kier molecular flexibility index (Phi) is 5.37. The zero-order valence-corrected chi connectivity index (χ0v) is 14.9. The minimum Gasteiger partial charge on any atom is -0.497 e. The number of carbonyl (C=O) groups is 1. The minimum absolute atomic E-state index is 0.0767. The second kappa shape index (κ2) is 7.87. The maximum atomic E-state index is 12.7. The highest BCUT2D eigenvalue weighted by Gasteiger charge is 2.18. The quantitative estimate of drug-likeness (QED) is 0.688. The van der Waals surface area contributed by atoms with Crippen LogP contribution in [0.15, 0.2) is 53.3 Å². The number of ether oxygens (including phenoxy) is 2. The molecule has 0 aliphatic carbocycles. The van der Waals surface area contributed by atoms with E-state index in [9.17, 15) is 9.59 Å². The predicted octanol–water partition coefficient (Wildman–Crippen LogP) is 3.70. The van der Waals surface area contributed by atoms with Crippen molar-refractivity contribution in [2.45, 2.75) is 19.8 Å². The third-order valence-electron chi connectivity index (χ3n) is 4.17. The first kappa shape index (κ1) is 17.7. The van der Waals surface area contributed by atoms with Crippen molar-refractivity contribution >= 4 is 16.9 Å². The Morgan fingerprint density at radius 1 is 1.12 bits per heavy atom. The van der Waals surface area contributed by atoms with E-state index < -0.39 is 5.97 Å². The van der Waals surface area contributed by atoms with E-state index in [1.54, 1.807) is 7.11 Å². The van der Waals surface area contributed by atoms with Gasteiger partial charge in [-0.25, -0.2) is 0 Å². The van der Waals surface area contributed by atoms with E-state index in [4.69, 9.17) is 9.47 Å². The largest absolute Gasteiger partial charge is 0.497 e. The molecule has 0 saturated heterocycles. The number of methoxy groups -OCH3 is 1. The molecule has 0 aliphatic rings. The summed E-state index contributed by atoms with van der Waals surface area (Å²) in [6.07, 6.45) is 0.662. The number of benzene rings is 2. The van der Waals surface area contributed by atoms with E-state index in [-0.39, 0.29) is 12.0 Å². The summed E-state index contributed by atoms with van der Waals surface area (Å²) < 4.78 is 10.5. The smallest absolute Gasteiger partial charge is 0.310 e. The molecular formula is C21H21NO4. The van der Waals surface area contributed by atoms with Crippen molar-refractivity contribution in [2.75, 3.05) is 13.7 Å². The zero-order chi connectivity index (χ0) is 18.5. The zero-order valence-electron chi connectivity index (χ0n) is 14.9. The molecule has 5 nitrogen and oxygen atoms in total. The standard InChI is InChI=1S/C21H21NO4/c1-3-11-26-19(23)13-17-20(14-7-6-8-15(12-14)25-2)16-9-4-5-10-18(16)22-21(17)24/h4-10,12H,3,11,13H2,1-2H3,(H,22,24). The summed E-state index contributed by atoms with van der Waals surface area (Å²) in [5.74, 6) is 0.281. The number of carbonyl (C=O) groups excluding carboxylic acids is 1. The first-order chi connectivity index (χ1) is 12.6. The summed E-state index contributed by atoms with van der Waals surface area (Å²) in [6.45, 7) is 2.27. The fraction of sp³-hybridized carbons (Fsp3) is 0.238. The van der Waals surface area contributed by atoms with E-state index in [1.165, 1.54) is 0 Å². The van der Waals surface area contributed by atoms with Crippen LogP contribution in [0, 0.1) is 0 Å². The third-order valence-corrected chi connectivity index (χ3v) is 4.17. The average Bonchev–Trinajstić information content (AvgIpc) is 2.67. The first-order valence-electron chi connectivity index (χ1n) is 8.58. The highest BCUT2D eigenvalue weighted by molar-refractivity contribution is 5.97. The van der Waals surface area contributed by atoms with Gasteiger partial charge in [-0.15, -0.1) is 0 Å². The van der Waals surface area contributed by atoms with Crippen molar-refractivity contribution < 1.29 is 14.3 Å². The highest BCUT2D eigenvalue weighted by Crippen LogP contribution is 2.31. The molecule has 0 saturated carbocycles. The summed E-state index contributed by atoms with van der Waals surface area (Å²) in [6, 6.07) is 15.0. The van der Waals surface area contributed by atoms with Crippen molar-refractivity contribution in [3.05, 3.63) is 64.4 Å². The molecule has 3 aromatic rings. The molecule has 0 aliphatic heterocycles. The molecule has 0 fully saturated rings. The van der Waals surface area contributed by atoms with Crippen molar-refractivity contribution in [3.8, 4) is 16.9 Å². The van der Waals surface area contributed by atoms with Gasteiger partial charge in [0.15, 0.2) is 0 Å². The Hall–Kier alpha value is -3.08. The molecule has 0 spiro atoms. The number of pyridine rings is 1. The SMILES string of the molecule is CCCOC(=O)Cc1c(-c2cccc(OC)c2)c2ccccc2[nH]c1=O. The lowest BCUT2D eigenvalue weighted by Crippen LogP contribution is -2.20. The summed E-state index contributed by atoms with van der Waals surface area (Å²) in [7, 11) is 1.60. The van der Waals surface area contributed by atoms with Gasteiger partial charge < -0.3 is 14.5 Å². The number of hydrogen-bond donors (Lipinski definition) is 1. The summed E-state index contributed by atoms with van der Waals surface area (Å²) in [5, 5.41) is 0.874. The normalized spacial score (nSPS) is 10.7. The van der Waals surface area contributed by atoms with Gasteiger partial charge in [-0.1, -0.05) is 37.3 Å². The van der Waals surface area contributed by atoms with Crippen molar-refractivity contribution in [1.82, 2.24) is 4.98 Å². The van der Waals surface area contributed by atoms with E-state index in [0.29, 0.717) is 17.9 Å². The molecule has 26 heavy (non-hydrogen) atoms. The van der Waals surface area contributed by atoms with Crippen LogP contribution in [-0.4, -0.2) is 24.7 Å². The van der Waals surface area contributed by atoms with Crippen LogP contribution in [0.2, 0.25) is 0 Å². The third kappa shape index (κ3) is 3.61. The molecule has 1 heterocycles. The van der Waals surface area contributed by atoms with Crippen LogP contribution >= 0.6 is 0 Å². The average molecular weight is 351 g/mol. The van der Waals surface area contributed by atoms with Crippen molar-refractivity contribution in [2.24, 2.45) is 0 Å². The maximum absolute atomic E-state index is 12.7.